The first-order chi connectivity index (χ1) is 15.7. The van der Waals surface area contributed by atoms with Gasteiger partial charge in [0.25, 0.3) is 11.6 Å². The summed E-state index contributed by atoms with van der Waals surface area (Å²) in [6.45, 7) is 5.10. The van der Waals surface area contributed by atoms with Crippen molar-refractivity contribution in [1.82, 2.24) is 9.78 Å². The summed E-state index contributed by atoms with van der Waals surface area (Å²) in [5.41, 5.74) is 3.04. The number of nitro groups is 1. The summed E-state index contributed by atoms with van der Waals surface area (Å²) in [5, 5.41) is 18.0. The average molecular weight is 469 g/mol. The molecule has 1 aromatic heterocycles. The number of anilines is 1. The van der Waals surface area contributed by atoms with E-state index in [2.05, 4.69) is 10.4 Å². The largest absolute Gasteiger partial charge is 0.449 e. The Morgan fingerprint density at radius 3 is 2.58 bits per heavy atom. The lowest BCUT2D eigenvalue weighted by Gasteiger charge is -2.13. The number of aromatic nitrogens is 2. The van der Waals surface area contributed by atoms with Crippen LogP contribution in [0.4, 0.5) is 11.4 Å². The van der Waals surface area contributed by atoms with Gasteiger partial charge in [-0.3, -0.25) is 14.9 Å². The Morgan fingerprint density at radius 1 is 1.21 bits per heavy atom. The first-order valence-corrected chi connectivity index (χ1v) is 10.3. The molecule has 9 nitrogen and oxygen atoms in total. The third-order valence-electron chi connectivity index (χ3n) is 4.81. The van der Waals surface area contributed by atoms with E-state index >= 15 is 0 Å². The van der Waals surface area contributed by atoms with E-state index in [1.54, 1.807) is 10.8 Å². The van der Waals surface area contributed by atoms with Crippen molar-refractivity contribution in [3.63, 3.8) is 0 Å². The number of hydrogen-bond acceptors (Lipinski definition) is 6. The Morgan fingerprint density at radius 2 is 1.91 bits per heavy atom. The number of ether oxygens (including phenoxy) is 1. The molecule has 0 unspecified atom stereocenters. The first kappa shape index (κ1) is 23.7. The van der Waals surface area contributed by atoms with Gasteiger partial charge in [0, 0.05) is 29.5 Å². The molecule has 170 valence electrons. The fourth-order valence-electron chi connectivity index (χ4n) is 3.09. The van der Waals surface area contributed by atoms with Crippen LogP contribution < -0.4 is 5.32 Å². The topological polar surface area (TPSA) is 116 Å². The van der Waals surface area contributed by atoms with Crippen LogP contribution in [0.1, 0.15) is 23.9 Å². The number of halogens is 1. The molecule has 0 bridgehead atoms. The van der Waals surface area contributed by atoms with Crippen LogP contribution >= 0.6 is 11.6 Å². The molecular formula is C23H21ClN4O5. The van der Waals surface area contributed by atoms with Crippen LogP contribution in [0.5, 0.6) is 0 Å². The Labute approximate surface area is 194 Å². The minimum Gasteiger partial charge on any atom is -0.449 e. The predicted octanol–water partition coefficient (Wildman–Crippen LogP) is 4.63. The van der Waals surface area contributed by atoms with Gasteiger partial charge in [-0.1, -0.05) is 29.8 Å². The SMILES string of the molecule is Cc1nn(-c2ccccc2)c(C)c1/C=C/C(=O)O[C@H](C)C(=O)Nc1cc([N+](=O)[O-])ccc1Cl. The van der Waals surface area contributed by atoms with Crippen molar-refractivity contribution in [2.75, 3.05) is 5.32 Å². The second kappa shape index (κ2) is 10.1. The van der Waals surface area contributed by atoms with Gasteiger partial charge in [0.2, 0.25) is 0 Å². The fourth-order valence-corrected chi connectivity index (χ4v) is 3.26. The third kappa shape index (κ3) is 5.64. The summed E-state index contributed by atoms with van der Waals surface area (Å²) in [5.74, 6) is -1.41. The summed E-state index contributed by atoms with van der Waals surface area (Å²) >= 11 is 5.98. The van der Waals surface area contributed by atoms with E-state index < -0.39 is 22.9 Å². The molecule has 1 atom stereocenters. The van der Waals surface area contributed by atoms with Crippen LogP contribution in [-0.4, -0.2) is 32.7 Å². The van der Waals surface area contributed by atoms with E-state index in [1.807, 2.05) is 44.2 Å². The fraction of sp³-hybridized carbons (Fsp3) is 0.174. The second-order valence-electron chi connectivity index (χ2n) is 7.15. The highest BCUT2D eigenvalue weighted by atomic mass is 35.5. The second-order valence-corrected chi connectivity index (χ2v) is 7.56. The van der Waals surface area contributed by atoms with E-state index in [0.29, 0.717) is 0 Å². The zero-order valence-corrected chi connectivity index (χ0v) is 18.9. The number of amides is 1. The van der Waals surface area contributed by atoms with Crippen LogP contribution in [0.2, 0.25) is 5.02 Å². The Kier molecular flexibility index (Phi) is 7.24. The van der Waals surface area contributed by atoms with Crippen LogP contribution in [0, 0.1) is 24.0 Å². The quantitative estimate of drug-likeness (QED) is 0.234. The molecule has 0 aliphatic carbocycles. The summed E-state index contributed by atoms with van der Waals surface area (Å²) in [6, 6.07) is 13.2. The molecule has 33 heavy (non-hydrogen) atoms. The standard InChI is InChI=1S/C23H21ClN4O5/c1-14-19(15(2)27(26-14)17-7-5-4-6-8-17)10-12-22(29)33-16(3)23(30)25-21-13-18(28(31)32)9-11-20(21)24/h4-13,16H,1-3H3,(H,25,30)/b12-10+/t16-/m1/s1. The van der Waals surface area contributed by atoms with Crippen LogP contribution in [0.3, 0.4) is 0 Å². The number of nitrogens with zero attached hydrogens (tertiary/aromatic N) is 3. The van der Waals surface area contributed by atoms with Crippen molar-refractivity contribution in [2.45, 2.75) is 26.9 Å². The van der Waals surface area contributed by atoms with E-state index in [0.717, 1.165) is 28.7 Å². The van der Waals surface area contributed by atoms with Gasteiger partial charge < -0.3 is 10.1 Å². The first-order valence-electron chi connectivity index (χ1n) is 9.92. The summed E-state index contributed by atoms with van der Waals surface area (Å²) in [6.07, 6.45) is 1.64. The van der Waals surface area contributed by atoms with Gasteiger partial charge in [0.15, 0.2) is 6.10 Å². The molecule has 2 aromatic carbocycles. The molecule has 1 heterocycles. The van der Waals surface area contributed by atoms with Crippen LogP contribution in [0.25, 0.3) is 11.8 Å². The molecule has 0 spiro atoms. The zero-order valence-electron chi connectivity index (χ0n) is 18.1. The number of para-hydroxylation sites is 1. The number of non-ortho nitro benzene ring substituents is 1. The normalized spacial score (nSPS) is 11.9. The molecular weight excluding hydrogens is 448 g/mol. The molecule has 0 aliphatic rings. The maximum absolute atomic E-state index is 12.4. The maximum atomic E-state index is 12.4. The Hall–Kier alpha value is -3.98. The highest BCUT2D eigenvalue weighted by Crippen LogP contribution is 2.27. The Bertz CT molecular complexity index is 1240. The predicted molar refractivity (Wildman–Crippen MR) is 124 cm³/mol. The molecule has 3 rings (SSSR count). The van der Waals surface area contributed by atoms with E-state index in [1.165, 1.54) is 25.1 Å². The smallest absolute Gasteiger partial charge is 0.331 e. The molecule has 0 radical (unpaired) electrons. The molecule has 3 aromatic rings. The summed E-state index contributed by atoms with van der Waals surface area (Å²) in [7, 11) is 0. The van der Waals surface area contributed by atoms with Crippen molar-refractivity contribution >= 4 is 40.9 Å². The molecule has 1 amide bonds. The van der Waals surface area contributed by atoms with Crippen molar-refractivity contribution in [1.29, 1.82) is 0 Å². The van der Waals surface area contributed by atoms with Gasteiger partial charge in [0.05, 0.1) is 27.0 Å². The highest BCUT2D eigenvalue weighted by Gasteiger charge is 2.19. The number of rotatable bonds is 7. The van der Waals surface area contributed by atoms with Crippen LogP contribution in [0.15, 0.2) is 54.6 Å². The Balaban J connectivity index is 1.66. The average Bonchev–Trinajstić information content (AvgIpc) is 3.07. The minimum atomic E-state index is -1.16. The summed E-state index contributed by atoms with van der Waals surface area (Å²) in [4.78, 5) is 34.9. The lowest BCUT2D eigenvalue weighted by atomic mass is 10.2. The zero-order chi connectivity index (χ0) is 24.1. The van der Waals surface area contributed by atoms with Gasteiger partial charge in [-0.15, -0.1) is 0 Å². The molecule has 1 N–H and O–H groups in total. The number of nitrogens with one attached hydrogen (secondary N) is 1. The van der Waals surface area contributed by atoms with Gasteiger partial charge in [-0.25, -0.2) is 9.48 Å². The molecule has 0 saturated carbocycles. The van der Waals surface area contributed by atoms with Crippen molar-refractivity contribution in [3.05, 3.63) is 86.7 Å². The van der Waals surface area contributed by atoms with Gasteiger partial charge in [-0.2, -0.15) is 5.10 Å². The van der Waals surface area contributed by atoms with E-state index in [-0.39, 0.29) is 16.4 Å². The lowest BCUT2D eigenvalue weighted by molar-refractivity contribution is -0.384. The number of nitro benzene ring substituents is 1. The summed E-state index contributed by atoms with van der Waals surface area (Å²) < 4.78 is 6.93. The number of carbonyl (C=O) groups excluding carboxylic acids is 2. The molecule has 0 saturated heterocycles. The van der Waals surface area contributed by atoms with E-state index in [4.69, 9.17) is 16.3 Å². The number of aryl methyl sites for hydroxylation is 1. The number of benzene rings is 2. The number of hydrogen-bond donors (Lipinski definition) is 1. The third-order valence-corrected chi connectivity index (χ3v) is 5.14. The van der Waals surface area contributed by atoms with Crippen molar-refractivity contribution in [3.8, 4) is 5.69 Å². The van der Waals surface area contributed by atoms with Gasteiger partial charge in [0.1, 0.15) is 0 Å². The van der Waals surface area contributed by atoms with E-state index in [9.17, 15) is 19.7 Å². The minimum absolute atomic E-state index is 0.0499. The van der Waals surface area contributed by atoms with Crippen molar-refractivity contribution < 1.29 is 19.2 Å². The highest BCUT2D eigenvalue weighted by molar-refractivity contribution is 6.33. The molecule has 10 heteroatoms. The maximum Gasteiger partial charge on any atom is 0.331 e. The number of esters is 1. The van der Waals surface area contributed by atoms with Crippen LogP contribution in [-0.2, 0) is 14.3 Å². The number of carbonyl (C=O) groups is 2. The monoisotopic (exact) mass is 468 g/mol. The van der Waals surface area contributed by atoms with Crippen molar-refractivity contribution in [2.24, 2.45) is 0 Å². The van der Waals surface area contributed by atoms with Gasteiger partial charge in [-0.05, 0) is 45.0 Å². The lowest BCUT2D eigenvalue weighted by Crippen LogP contribution is -2.29. The molecule has 0 fully saturated rings. The molecule has 0 aliphatic heterocycles. The van der Waals surface area contributed by atoms with Gasteiger partial charge >= 0.3 is 5.97 Å².